The van der Waals surface area contributed by atoms with E-state index in [1.165, 1.54) is 0 Å². The third kappa shape index (κ3) is 1.85. The van der Waals surface area contributed by atoms with Crippen molar-refractivity contribution in [3.63, 3.8) is 0 Å². The second-order valence-corrected chi connectivity index (χ2v) is 4.23. The SMILES string of the molecule is NCC1CCC(N2CCCOC2=O)C1. The number of carbonyl (C=O) groups is 1. The van der Waals surface area contributed by atoms with Gasteiger partial charge in [-0.1, -0.05) is 0 Å². The van der Waals surface area contributed by atoms with Crippen LogP contribution in [0.5, 0.6) is 0 Å². The summed E-state index contributed by atoms with van der Waals surface area (Å²) in [5.41, 5.74) is 5.63. The molecule has 2 aliphatic rings. The molecule has 4 heteroatoms. The second-order valence-electron chi connectivity index (χ2n) is 4.23. The number of carbonyl (C=O) groups excluding carboxylic acids is 1. The van der Waals surface area contributed by atoms with Crippen LogP contribution in [0.15, 0.2) is 0 Å². The highest BCUT2D eigenvalue weighted by Crippen LogP contribution is 2.29. The van der Waals surface area contributed by atoms with Crippen molar-refractivity contribution >= 4 is 6.09 Å². The summed E-state index contributed by atoms with van der Waals surface area (Å²) in [4.78, 5) is 13.3. The normalized spacial score (nSPS) is 33.2. The molecule has 2 rings (SSSR count). The molecule has 2 unspecified atom stereocenters. The molecule has 80 valence electrons. The molecular formula is C10H18N2O2. The largest absolute Gasteiger partial charge is 0.449 e. The maximum absolute atomic E-state index is 11.4. The van der Waals surface area contributed by atoms with Crippen LogP contribution in [0, 0.1) is 5.92 Å². The van der Waals surface area contributed by atoms with Crippen LogP contribution in [0.3, 0.4) is 0 Å². The Bertz CT molecular complexity index is 220. The van der Waals surface area contributed by atoms with Gasteiger partial charge in [0, 0.05) is 12.6 Å². The molecule has 0 aromatic carbocycles. The molecule has 1 aliphatic heterocycles. The van der Waals surface area contributed by atoms with Crippen molar-refractivity contribution in [3.8, 4) is 0 Å². The van der Waals surface area contributed by atoms with Gasteiger partial charge in [0.2, 0.25) is 0 Å². The number of hydrogen-bond acceptors (Lipinski definition) is 3. The van der Waals surface area contributed by atoms with Gasteiger partial charge in [0.25, 0.3) is 0 Å². The lowest BCUT2D eigenvalue weighted by atomic mass is 10.1. The van der Waals surface area contributed by atoms with Crippen LogP contribution in [0.4, 0.5) is 4.79 Å². The number of nitrogens with zero attached hydrogens (tertiary/aromatic N) is 1. The van der Waals surface area contributed by atoms with E-state index in [2.05, 4.69) is 0 Å². The molecule has 2 N–H and O–H groups in total. The third-order valence-electron chi connectivity index (χ3n) is 3.29. The predicted molar refractivity (Wildman–Crippen MR) is 52.9 cm³/mol. The molecule has 2 fully saturated rings. The lowest BCUT2D eigenvalue weighted by Gasteiger charge is -2.31. The fourth-order valence-corrected chi connectivity index (χ4v) is 2.45. The number of ether oxygens (including phenoxy) is 1. The fraction of sp³-hybridized carbons (Fsp3) is 0.900. The van der Waals surface area contributed by atoms with Crippen LogP contribution in [0.2, 0.25) is 0 Å². The Labute approximate surface area is 84.4 Å². The van der Waals surface area contributed by atoms with Gasteiger partial charge >= 0.3 is 6.09 Å². The minimum Gasteiger partial charge on any atom is -0.449 e. The molecule has 0 bridgehead atoms. The highest BCUT2D eigenvalue weighted by atomic mass is 16.6. The molecule has 1 amide bonds. The minimum atomic E-state index is -0.126. The van der Waals surface area contributed by atoms with Gasteiger partial charge in [-0.15, -0.1) is 0 Å². The summed E-state index contributed by atoms with van der Waals surface area (Å²) in [5, 5.41) is 0. The first kappa shape index (κ1) is 9.77. The average molecular weight is 198 g/mol. The Hall–Kier alpha value is -0.770. The Balaban J connectivity index is 1.91. The topological polar surface area (TPSA) is 55.6 Å². The molecule has 14 heavy (non-hydrogen) atoms. The molecular weight excluding hydrogens is 180 g/mol. The highest BCUT2D eigenvalue weighted by Gasteiger charge is 2.33. The molecule has 0 aromatic rings. The maximum atomic E-state index is 11.4. The molecule has 1 saturated carbocycles. The minimum absolute atomic E-state index is 0.126. The quantitative estimate of drug-likeness (QED) is 0.719. The standard InChI is InChI=1S/C10H18N2O2/c11-7-8-2-3-9(6-8)12-4-1-5-14-10(12)13/h8-9H,1-7,11H2. The molecule has 0 radical (unpaired) electrons. The van der Waals surface area contributed by atoms with E-state index in [4.69, 9.17) is 10.5 Å². The van der Waals surface area contributed by atoms with Crippen molar-refractivity contribution < 1.29 is 9.53 Å². The van der Waals surface area contributed by atoms with Crippen LogP contribution in [0.25, 0.3) is 0 Å². The first-order valence-electron chi connectivity index (χ1n) is 5.44. The van der Waals surface area contributed by atoms with E-state index in [9.17, 15) is 4.79 Å². The van der Waals surface area contributed by atoms with Crippen molar-refractivity contribution in [2.24, 2.45) is 11.7 Å². The van der Waals surface area contributed by atoms with Crippen LogP contribution in [-0.4, -0.2) is 36.7 Å². The van der Waals surface area contributed by atoms with Crippen LogP contribution >= 0.6 is 0 Å². The zero-order valence-corrected chi connectivity index (χ0v) is 8.45. The predicted octanol–water partition coefficient (Wildman–Crippen LogP) is 0.956. The van der Waals surface area contributed by atoms with Crippen LogP contribution in [0.1, 0.15) is 25.7 Å². The zero-order valence-electron chi connectivity index (χ0n) is 8.45. The summed E-state index contributed by atoms with van der Waals surface area (Å²) >= 11 is 0. The fourth-order valence-electron chi connectivity index (χ4n) is 2.45. The van der Waals surface area contributed by atoms with Gasteiger partial charge in [-0.2, -0.15) is 0 Å². The summed E-state index contributed by atoms with van der Waals surface area (Å²) in [5.74, 6) is 0.606. The molecule has 0 spiro atoms. The van der Waals surface area contributed by atoms with Crippen LogP contribution in [-0.2, 0) is 4.74 Å². The summed E-state index contributed by atoms with van der Waals surface area (Å²) in [6.07, 6.45) is 4.15. The van der Waals surface area contributed by atoms with Crippen molar-refractivity contribution in [2.45, 2.75) is 31.7 Å². The number of cyclic esters (lactones) is 1. The highest BCUT2D eigenvalue weighted by molar-refractivity contribution is 5.68. The van der Waals surface area contributed by atoms with Gasteiger partial charge in [-0.05, 0) is 38.1 Å². The second kappa shape index (κ2) is 4.17. The molecule has 1 saturated heterocycles. The van der Waals surface area contributed by atoms with E-state index in [-0.39, 0.29) is 6.09 Å². The van der Waals surface area contributed by atoms with Gasteiger partial charge in [-0.3, -0.25) is 0 Å². The van der Waals surface area contributed by atoms with Crippen molar-refractivity contribution in [1.29, 1.82) is 0 Å². The summed E-state index contributed by atoms with van der Waals surface area (Å²) in [6.45, 7) is 2.20. The zero-order chi connectivity index (χ0) is 9.97. The third-order valence-corrected chi connectivity index (χ3v) is 3.29. The van der Waals surface area contributed by atoms with Gasteiger partial charge < -0.3 is 15.4 Å². The van der Waals surface area contributed by atoms with Gasteiger partial charge in [0.05, 0.1) is 6.61 Å². The molecule has 4 nitrogen and oxygen atoms in total. The van der Waals surface area contributed by atoms with E-state index >= 15 is 0 Å². The van der Waals surface area contributed by atoms with E-state index in [1.807, 2.05) is 4.90 Å². The van der Waals surface area contributed by atoms with E-state index in [0.717, 1.165) is 38.8 Å². The first-order chi connectivity index (χ1) is 6.81. The van der Waals surface area contributed by atoms with Crippen molar-refractivity contribution in [2.75, 3.05) is 19.7 Å². The summed E-state index contributed by atoms with van der Waals surface area (Å²) in [6, 6.07) is 0.386. The first-order valence-corrected chi connectivity index (χ1v) is 5.44. The Morgan fingerprint density at radius 2 is 2.36 bits per heavy atom. The van der Waals surface area contributed by atoms with Crippen molar-refractivity contribution in [3.05, 3.63) is 0 Å². The number of nitrogens with two attached hydrogens (primary N) is 1. The number of hydrogen-bond donors (Lipinski definition) is 1. The number of rotatable bonds is 2. The van der Waals surface area contributed by atoms with E-state index in [1.54, 1.807) is 0 Å². The Morgan fingerprint density at radius 3 is 3.00 bits per heavy atom. The van der Waals surface area contributed by atoms with Gasteiger partial charge in [-0.25, -0.2) is 4.79 Å². The molecule has 2 atom stereocenters. The average Bonchev–Trinajstić information content (AvgIpc) is 2.67. The van der Waals surface area contributed by atoms with E-state index < -0.39 is 0 Å². The monoisotopic (exact) mass is 198 g/mol. The molecule has 0 aromatic heterocycles. The Kier molecular flexibility index (Phi) is 2.91. The summed E-state index contributed by atoms with van der Waals surface area (Å²) in [7, 11) is 0. The molecule has 1 heterocycles. The van der Waals surface area contributed by atoms with Crippen LogP contribution < -0.4 is 5.73 Å². The number of amides is 1. The van der Waals surface area contributed by atoms with E-state index in [0.29, 0.717) is 18.6 Å². The smallest absolute Gasteiger partial charge is 0.410 e. The maximum Gasteiger partial charge on any atom is 0.410 e. The lowest BCUT2D eigenvalue weighted by Crippen LogP contribution is -2.43. The van der Waals surface area contributed by atoms with Crippen molar-refractivity contribution in [1.82, 2.24) is 4.90 Å². The van der Waals surface area contributed by atoms with Gasteiger partial charge in [0.15, 0.2) is 0 Å². The van der Waals surface area contributed by atoms with Gasteiger partial charge in [0.1, 0.15) is 0 Å². The molecule has 1 aliphatic carbocycles. The lowest BCUT2D eigenvalue weighted by molar-refractivity contribution is 0.0555. The summed E-state index contributed by atoms with van der Waals surface area (Å²) < 4.78 is 5.03. The Morgan fingerprint density at radius 1 is 1.50 bits per heavy atom.